The van der Waals surface area contributed by atoms with E-state index in [1.54, 1.807) is 12.8 Å². The van der Waals surface area contributed by atoms with Gasteiger partial charge in [0.1, 0.15) is 0 Å². The molecule has 0 amide bonds. The van der Waals surface area contributed by atoms with Crippen molar-refractivity contribution < 1.29 is 0 Å². The van der Waals surface area contributed by atoms with Gasteiger partial charge in [0, 0.05) is 12.1 Å². The van der Waals surface area contributed by atoms with E-state index >= 15 is 0 Å². The second-order valence-corrected chi connectivity index (χ2v) is 5.88. The first-order valence-electron chi connectivity index (χ1n) is 5.37. The van der Waals surface area contributed by atoms with Gasteiger partial charge in [0.05, 0.1) is 0 Å². The Bertz CT molecular complexity index is 287. The number of nitrogens with zero attached hydrogens (tertiary/aromatic N) is 1. The standard InChI is InChI=1S/C11H17N/c1-6-4-10-5-11(10,7(10)2)9-8(6)12(9)3/h6-9H,4-5H2,1-3H3/t6-,7+,8-,9?,10?,11?,12?/m1/s1. The molecular weight excluding hydrogens is 146 g/mol. The van der Waals surface area contributed by atoms with E-state index in [1.165, 1.54) is 0 Å². The van der Waals surface area contributed by atoms with Gasteiger partial charge in [-0.25, -0.2) is 0 Å². The van der Waals surface area contributed by atoms with Gasteiger partial charge in [-0.3, -0.25) is 4.90 Å². The maximum absolute atomic E-state index is 2.64. The molecule has 1 heteroatoms. The lowest BCUT2D eigenvalue weighted by Gasteiger charge is -2.13. The second-order valence-electron chi connectivity index (χ2n) is 5.88. The van der Waals surface area contributed by atoms with E-state index in [9.17, 15) is 0 Å². The minimum atomic E-state index is 0.860. The molecule has 0 aromatic carbocycles. The van der Waals surface area contributed by atoms with Gasteiger partial charge in [-0.05, 0) is 42.6 Å². The highest BCUT2D eigenvalue weighted by atomic mass is 15.4. The zero-order chi connectivity index (χ0) is 8.30. The summed E-state index contributed by atoms with van der Waals surface area (Å²) < 4.78 is 0. The summed E-state index contributed by atoms with van der Waals surface area (Å²) in [6.07, 6.45) is 3.12. The molecule has 7 atom stereocenters. The Balaban J connectivity index is 1.80. The lowest BCUT2D eigenvalue weighted by atomic mass is 9.91. The molecular formula is C11H17N. The van der Waals surface area contributed by atoms with Crippen LogP contribution in [0.3, 0.4) is 0 Å². The summed E-state index contributed by atoms with van der Waals surface area (Å²) in [5, 5.41) is 0. The molecule has 3 saturated carbocycles. The summed E-state index contributed by atoms with van der Waals surface area (Å²) in [7, 11) is 2.33. The smallest absolute Gasteiger partial charge is 0.0319 e. The quantitative estimate of drug-likeness (QED) is 0.491. The summed E-state index contributed by atoms with van der Waals surface area (Å²) in [5.41, 5.74) is 1.73. The molecule has 0 spiro atoms. The van der Waals surface area contributed by atoms with Crippen molar-refractivity contribution in [3.8, 4) is 0 Å². The number of hydrogen-bond donors (Lipinski definition) is 0. The highest BCUT2D eigenvalue weighted by Gasteiger charge is 2.96. The fraction of sp³-hybridized carbons (Fsp3) is 1.00. The zero-order valence-corrected chi connectivity index (χ0v) is 8.17. The molecule has 1 nitrogen and oxygen atoms in total. The van der Waals surface area contributed by atoms with Gasteiger partial charge in [0.25, 0.3) is 0 Å². The molecule has 3 aliphatic carbocycles. The first kappa shape index (κ1) is 6.42. The van der Waals surface area contributed by atoms with Gasteiger partial charge >= 0.3 is 0 Å². The minimum absolute atomic E-state index is 0.860. The van der Waals surface area contributed by atoms with Crippen molar-refractivity contribution in [2.45, 2.75) is 38.8 Å². The van der Waals surface area contributed by atoms with E-state index < -0.39 is 0 Å². The van der Waals surface area contributed by atoms with Gasteiger partial charge in [0.2, 0.25) is 0 Å². The van der Waals surface area contributed by atoms with E-state index in [-0.39, 0.29) is 0 Å². The predicted molar refractivity (Wildman–Crippen MR) is 47.8 cm³/mol. The lowest BCUT2D eigenvalue weighted by molar-refractivity contribution is 0.363. The molecule has 12 heavy (non-hydrogen) atoms. The Morgan fingerprint density at radius 2 is 2.08 bits per heavy atom. The number of hydrogen-bond acceptors (Lipinski definition) is 1. The number of likely N-dealkylation sites (tertiary alicyclic amines) is 1. The van der Waals surface area contributed by atoms with Crippen molar-refractivity contribution in [1.29, 1.82) is 0 Å². The van der Waals surface area contributed by atoms with Crippen LogP contribution in [0.4, 0.5) is 0 Å². The molecule has 0 bridgehead atoms. The van der Waals surface area contributed by atoms with Crippen LogP contribution in [0.5, 0.6) is 0 Å². The third-order valence-electron chi connectivity index (χ3n) is 5.87. The first-order chi connectivity index (χ1) is 5.65. The van der Waals surface area contributed by atoms with Crippen LogP contribution in [0, 0.1) is 22.7 Å². The molecule has 0 radical (unpaired) electrons. The SMILES string of the molecule is C[C@@H]1CC23CC2(C2[C@@H]1N2C)[C@H]3C. The zero-order valence-electron chi connectivity index (χ0n) is 8.17. The van der Waals surface area contributed by atoms with Crippen molar-refractivity contribution in [1.82, 2.24) is 4.90 Å². The lowest BCUT2D eigenvalue weighted by Crippen LogP contribution is -2.15. The first-order valence-corrected chi connectivity index (χ1v) is 5.37. The van der Waals surface area contributed by atoms with Crippen LogP contribution >= 0.6 is 0 Å². The molecule has 1 aliphatic heterocycles. The van der Waals surface area contributed by atoms with Gasteiger partial charge < -0.3 is 0 Å². The van der Waals surface area contributed by atoms with E-state index in [0.717, 1.165) is 34.7 Å². The van der Waals surface area contributed by atoms with Gasteiger partial charge in [0.15, 0.2) is 0 Å². The van der Waals surface area contributed by atoms with E-state index in [4.69, 9.17) is 0 Å². The third-order valence-corrected chi connectivity index (χ3v) is 5.87. The van der Waals surface area contributed by atoms with Gasteiger partial charge in [-0.1, -0.05) is 13.8 Å². The topological polar surface area (TPSA) is 3.01 Å². The van der Waals surface area contributed by atoms with Crippen molar-refractivity contribution >= 4 is 0 Å². The summed E-state index contributed by atoms with van der Waals surface area (Å²) in [5.74, 6) is 2.06. The summed E-state index contributed by atoms with van der Waals surface area (Å²) in [4.78, 5) is 2.64. The summed E-state index contributed by atoms with van der Waals surface area (Å²) in [6, 6.07) is 1.99. The number of rotatable bonds is 0. The van der Waals surface area contributed by atoms with Crippen LogP contribution in [0.2, 0.25) is 0 Å². The molecule has 1 saturated heterocycles. The van der Waals surface area contributed by atoms with Gasteiger partial charge in [-0.15, -0.1) is 0 Å². The fourth-order valence-corrected chi connectivity index (χ4v) is 5.12. The Kier molecular flexibility index (Phi) is 0.693. The number of likely N-dealkylation sites (N-methyl/N-ethyl adjacent to an activating group) is 1. The molecule has 0 aromatic heterocycles. The molecule has 0 N–H and O–H groups in total. The van der Waals surface area contributed by atoms with E-state index in [1.807, 2.05) is 0 Å². The highest BCUT2D eigenvalue weighted by Crippen LogP contribution is 2.97. The Morgan fingerprint density at radius 3 is 2.75 bits per heavy atom. The molecule has 4 unspecified atom stereocenters. The largest absolute Gasteiger partial charge is 0.296 e. The van der Waals surface area contributed by atoms with Crippen molar-refractivity contribution in [3.63, 3.8) is 0 Å². The van der Waals surface area contributed by atoms with Crippen LogP contribution in [0.1, 0.15) is 26.7 Å². The predicted octanol–water partition coefficient (Wildman–Crippen LogP) is 1.74. The average molecular weight is 163 g/mol. The van der Waals surface area contributed by atoms with E-state index in [2.05, 4.69) is 25.8 Å². The summed E-state index contributed by atoms with van der Waals surface area (Å²) in [6.45, 7) is 4.95. The maximum Gasteiger partial charge on any atom is 0.0319 e. The van der Waals surface area contributed by atoms with Crippen molar-refractivity contribution in [2.24, 2.45) is 22.7 Å². The normalized spacial score (nSPS) is 81.8. The third kappa shape index (κ3) is 0.348. The molecule has 1 heterocycles. The highest BCUT2D eigenvalue weighted by molar-refractivity contribution is 5.46. The van der Waals surface area contributed by atoms with Crippen LogP contribution in [0.15, 0.2) is 0 Å². The van der Waals surface area contributed by atoms with Crippen LogP contribution in [-0.2, 0) is 0 Å². The minimum Gasteiger partial charge on any atom is -0.296 e. The van der Waals surface area contributed by atoms with Gasteiger partial charge in [-0.2, -0.15) is 0 Å². The van der Waals surface area contributed by atoms with Crippen molar-refractivity contribution in [2.75, 3.05) is 7.05 Å². The van der Waals surface area contributed by atoms with E-state index in [0.29, 0.717) is 0 Å². The molecule has 4 rings (SSSR count). The molecule has 0 aromatic rings. The molecule has 4 aliphatic rings. The fourth-order valence-electron chi connectivity index (χ4n) is 5.12. The molecule has 4 fully saturated rings. The average Bonchev–Trinajstić information content (AvgIpc) is 2.89. The Labute approximate surface area is 74.1 Å². The van der Waals surface area contributed by atoms with Crippen LogP contribution in [0.25, 0.3) is 0 Å². The Morgan fingerprint density at radius 1 is 1.33 bits per heavy atom. The summed E-state index contributed by atoms with van der Waals surface area (Å²) >= 11 is 0. The van der Waals surface area contributed by atoms with Crippen LogP contribution in [-0.4, -0.2) is 24.0 Å². The number of fused-ring (bicyclic) bond motifs is 1. The second kappa shape index (κ2) is 1.30. The Hall–Kier alpha value is -0.0400. The van der Waals surface area contributed by atoms with Crippen LogP contribution < -0.4 is 0 Å². The monoisotopic (exact) mass is 163 g/mol. The van der Waals surface area contributed by atoms with Crippen molar-refractivity contribution in [3.05, 3.63) is 0 Å². The molecule has 66 valence electrons. The maximum atomic E-state index is 2.64.